The number of benzene rings is 4. The Kier molecular flexibility index (Phi) is 9.16. The number of aryl methyl sites for hydroxylation is 2. The van der Waals surface area contributed by atoms with Gasteiger partial charge in [-0.3, -0.25) is 0 Å². The third kappa shape index (κ3) is 5.92. The first kappa shape index (κ1) is 32.1. The van der Waals surface area contributed by atoms with Crippen LogP contribution in [-0.2, 0) is 25.7 Å². The maximum absolute atomic E-state index is 3.76. The van der Waals surface area contributed by atoms with Crippen LogP contribution in [-0.4, -0.2) is 9.13 Å². The van der Waals surface area contributed by atoms with Crippen molar-refractivity contribution in [3.05, 3.63) is 116 Å². The van der Waals surface area contributed by atoms with Gasteiger partial charge in [0, 0.05) is 42.5 Å². The minimum atomic E-state index is 0.786. The van der Waals surface area contributed by atoms with Crippen molar-refractivity contribution in [2.24, 2.45) is 11.8 Å². The molecule has 0 saturated carbocycles. The highest BCUT2D eigenvalue weighted by Crippen LogP contribution is 2.41. The van der Waals surface area contributed by atoms with E-state index >= 15 is 0 Å². The lowest BCUT2D eigenvalue weighted by Crippen LogP contribution is -2.16. The summed E-state index contributed by atoms with van der Waals surface area (Å²) < 4.78 is 7.46. The summed E-state index contributed by atoms with van der Waals surface area (Å²) in [5.74, 6) is 1.57. The molecular formula is C44H46Br2N2. The summed E-state index contributed by atoms with van der Waals surface area (Å²) in [6.45, 7) is 4.63. The van der Waals surface area contributed by atoms with E-state index in [4.69, 9.17) is 0 Å². The minimum absolute atomic E-state index is 0.786. The third-order valence-corrected chi connectivity index (χ3v) is 12.4. The molecule has 4 aromatic carbocycles. The zero-order valence-corrected chi connectivity index (χ0v) is 31.5. The van der Waals surface area contributed by atoms with Gasteiger partial charge in [-0.1, -0.05) is 108 Å². The Hall–Kier alpha value is -3.08. The smallest absolute Gasteiger partial charge is 0.0535 e. The van der Waals surface area contributed by atoms with E-state index in [1.54, 1.807) is 11.1 Å². The van der Waals surface area contributed by atoms with E-state index in [2.05, 4.69) is 140 Å². The predicted molar refractivity (Wildman–Crippen MR) is 211 cm³/mol. The Morgan fingerprint density at radius 3 is 1.38 bits per heavy atom. The molecule has 246 valence electrons. The zero-order chi connectivity index (χ0) is 32.8. The number of rotatable bonds is 9. The summed E-state index contributed by atoms with van der Waals surface area (Å²) in [5, 5.41) is 2.83. The van der Waals surface area contributed by atoms with E-state index in [0.29, 0.717) is 0 Å². The normalized spacial score (nSPS) is 17.6. The van der Waals surface area contributed by atoms with Crippen molar-refractivity contribution >= 4 is 53.7 Å². The van der Waals surface area contributed by atoms with E-state index in [1.807, 2.05) is 0 Å². The van der Waals surface area contributed by atoms with Crippen LogP contribution in [0, 0.1) is 11.8 Å². The molecule has 0 spiro atoms. The molecule has 2 atom stereocenters. The fraction of sp³-hybridized carbons (Fsp3) is 0.364. The van der Waals surface area contributed by atoms with Gasteiger partial charge in [-0.15, -0.1) is 0 Å². The number of hydrogen-bond donors (Lipinski definition) is 0. The van der Waals surface area contributed by atoms with Crippen LogP contribution in [0.5, 0.6) is 0 Å². The van der Waals surface area contributed by atoms with E-state index in [-0.39, 0.29) is 0 Å². The van der Waals surface area contributed by atoms with E-state index in [0.717, 1.165) is 11.8 Å². The maximum atomic E-state index is 3.76. The number of nitrogens with zero attached hydrogens (tertiary/aromatic N) is 2. The molecule has 0 aliphatic heterocycles. The second kappa shape index (κ2) is 13.7. The molecule has 2 aliphatic carbocycles. The van der Waals surface area contributed by atoms with Crippen molar-refractivity contribution in [1.29, 1.82) is 0 Å². The Morgan fingerprint density at radius 2 is 0.979 bits per heavy atom. The van der Waals surface area contributed by atoms with Crippen molar-refractivity contribution in [2.75, 3.05) is 0 Å². The number of fused-ring (bicyclic) bond motifs is 6. The first-order chi connectivity index (χ1) is 23.5. The summed E-state index contributed by atoms with van der Waals surface area (Å²) in [6.07, 6.45) is 15.3. The number of halogens is 2. The van der Waals surface area contributed by atoms with Gasteiger partial charge in [0.05, 0.1) is 11.0 Å². The monoisotopic (exact) mass is 760 g/mol. The average Bonchev–Trinajstić information content (AvgIpc) is 3.61. The summed E-state index contributed by atoms with van der Waals surface area (Å²) in [5.41, 5.74) is 13.9. The van der Waals surface area contributed by atoms with Crippen LogP contribution in [0.4, 0.5) is 0 Å². The molecule has 6 aromatic rings. The summed E-state index contributed by atoms with van der Waals surface area (Å²) in [7, 11) is 0. The molecule has 0 saturated heterocycles. The fourth-order valence-electron chi connectivity index (χ4n) is 8.87. The molecule has 2 nitrogen and oxygen atoms in total. The Balaban J connectivity index is 1.12. The lowest BCUT2D eigenvalue weighted by Gasteiger charge is -2.24. The molecule has 2 aliphatic rings. The fourth-order valence-corrected chi connectivity index (χ4v) is 9.59. The molecule has 8 rings (SSSR count). The van der Waals surface area contributed by atoms with Crippen molar-refractivity contribution in [2.45, 2.75) is 90.9 Å². The molecule has 2 aromatic heterocycles. The van der Waals surface area contributed by atoms with E-state index < -0.39 is 0 Å². The summed E-state index contributed by atoms with van der Waals surface area (Å²) in [6, 6.07) is 32.3. The molecule has 4 heteroatoms. The van der Waals surface area contributed by atoms with Crippen LogP contribution >= 0.6 is 31.9 Å². The second-order valence-electron chi connectivity index (χ2n) is 14.4. The van der Waals surface area contributed by atoms with Gasteiger partial charge in [0.1, 0.15) is 0 Å². The quantitative estimate of drug-likeness (QED) is 0.139. The van der Waals surface area contributed by atoms with Gasteiger partial charge in [-0.2, -0.15) is 0 Å². The molecule has 48 heavy (non-hydrogen) atoms. The highest BCUT2D eigenvalue weighted by molar-refractivity contribution is 9.10. The first-order valence-corrected chi connectivity index (χ1v) is 20.0. The van der Waals surface area contributed by atoms with Gasteiger partial charge in [0.15, 0.2) is 0 Å². The largest absolute Gasteiger partial charge is 0.313 e. The highest BCUT2D eigenvalue weighted by Gasteiger charge is 2.27. The Bertz CT molecular complexity index is 1930. The van der Waals surface area contributed by atoms with Crippen LogP contribution < -0.4 is 0 Å². The SMILES string of the molecule is CCCCC1CCc2c(n(-c3ccc(-c4ccc(-n5c6c(c7cc(Br)ccc75)CCC(CCCC)C6)cc4)cc3)c3ccc(Br)cc23)C1. The van der Waals surface area contributed by atoms with Crippen LogP contribution in [0.2, 0.25) is 0 Å². The van der Waals surface area contributed by atoms with Gasteiger partial charge < -0.3 is 9.13 Å². The Labute approximate surface area is 302 Å². The molecule has 0 bridgehead atoms. The van der Waals surface area contributed by atoms with E-state index in [1.165, 1.54) is 142 Å². The van der Waals surface area contributed by atoms with Gasteiger partial charge in [-0.05, 0) is 133 Å². The van der Waals surface area contributed by atoms with Gasteiger partial charge >= 0.3 is 0 Å². The van der Waals surface area contributed by atoms with Gasteiger partial charge in [0.2, 0.25) is 0 Å². The maximum Gasteiger partial charge on any atom is 0.0535 e. The second-order valence-corrected chi connectivity index (χ2v) is 16.3. The first-order valence-electron chi connectivity index (χ1n) is 18.4. The van der Waals surface area contributed by atoms with Gasteiger partial charge in [-0.25, -0.2) is 0 Å². The summed E-state index contributed by atoms with van der Waals surface area (Å²) in [4.78, 5) is 0. The van der Waals surface area contributed by atoms with Crippen LogP contribution in [0.25, 0.3) is 44.3 Å². The third-order valence-electron chi connectivity index (χ3n) is 11.4. The van der Waals surface area contributed by atoms with Crippen LogP contribution in [0.1, 0.15) is 87.7 Å². The number of hydrogen-bond acceptors (Lipinski definition) is 0. The Morgan fingerprint density at radius 1 is 0.562 bits per heavy atom. The standard InChI is InChI=1S/C44H46Br2N2/c1-3-5-7-29-9-21-37-39-27-33(45)15-23-41(39)47(43(37)25-29)35-17-11-31(12-18-35)32-13-19-36(20-14-32)48-42-24-16-34(46)28-40(42)38-22-10-30(8-6-4-2)26-44(38)48/h11-20,23-24,27-30H,3-10,21-22,25-26H2,1-2H3. The molecule has 2 heterocycles. The molecular weight excluding hydrogens is 716 g/mol. The topological polar surface area (TPSA) is 9.86 Å². The lowest BCUT2D eigenvalue weighted by atomic mass is 9.84. The number of unbranched alkanes of at least 4 members (excludes halogenated alkanes) is 2. The van der Waals surface area contributed by atoms with Crippen molar-refractivity contribution in [3.8, 4) is 22.5 Å². The van der Waals surface area contributed by atoms with Crippen LogP contribution in [0.3, 0.4) is 0 Å². The molecule has 0 amide bonds. The molecule has 0 fully saturated rings. The van der Waals surface area contributed by atoms with Crippen molar-refractivity contribution in [1.82, 2.24) is 9.13 Å². The minimum Gasteiger partial charge on any atom is -0.313 e. The van der Waals surface area contributed by atoms with Gasteiger partial charge in [0.25, 0.3) is 0 Å². The average molecular weight is 763 g/mol. The van der Waals surface area contributed by atoms with Crippen LogP contribution in [0.15, 0.2) is 93.9 Å². The lowest BCUT2D eigenvalue weighted by molar-refractivity contribution is 0.407. The molecule has 2 unspecified atom stereocenters. The highest BCUT2D eigenvalue weighted by atomic mass is 79.9. The predicted octanol–water partition coefficient (Wildman–Crippen LogP) is 13.4. The van der Waals surface area contributed by atoms with Crippen molar-refractivity contribution < 1.29 is 0 Å². The summed E-state index contributed by atoms with van der Waals surface area (Å²) >= 11 is 7.51. The van der Waals surface area contributed by atoms with E-state index in [9.17, 15) is 0 Å². The zero-order valence-electron chi connectivity index (χ0n) is 28.4. The van der Waals surface area contributed by atoms with Crippen molar-refractivity contribution in [3.63, 3.8) is 0 Å². The molecule has 0 N–H and O–H groups in total. The molecule has 0 radical (unpaired) electrons. The number of aromatic nitrogens is 2.